The molecule has 4 heteroatoms. The quantitative estimate of drug-likeness (QED) is 0.672. The van der Waals surface area contributed by atoms with Gasteiger partial charge in [-0.05, 0) is 40.6 Å². The van der Waals surface area contributed by atoms with Gasteiger partial charge in [0.2, 0.25) is 0 Å². The van der Waals surface area contributed by atoms with Crippen LogP contribution in [-0.4, -0.2) is 7.11 Å². The molecule has 1 N–H and O–H groups in total. The van der Waals surface area contributed by atoms with E-state index >= 15 is 0 Å². The summed E-state index contributed by atoms with van der Waals surface area (Å²) in [7, 11) is 1.72. The van der Waals surface area contributed by atoms with E-state index in [9.17, 15) is 0 Å². The van der Waals surface area contributed by atoms with Crippen molar-refractivity contribution in [1.82, 2.24) is 0 Å². The zero-order valence-corrected chi connectivity index (χ0v) is 13.5. The zero-order chi connectivity index (χ0) is 14.5. The second kappa shape index (κ2) is 6.89. The molecule has 3 rings (SSSR count). The van der Waals surface area contributed by atoms with Crippen LogP contribution in [0.1, 0.15) is 10.4 Å². The van der Waals surface area contributed by atoms with Gasteiger partial charge in [-0.3, -0.25) is 0 Å². The van der Waals surface area contributed by atoms with Crippen LogP contribution in [0, 0.1) is 0 Å². The van der Waals surface area contributed by atoms with E-state index in [1.807, 2.05) is 0 Å². The maximum Gasteiger partial charge on any atom is 0.0713 e. The third-order valence-corrected chi connectivity index (χ3v) is 5.02. The second-order valence-electron chi connectivity index (χ2n) is 4.77. The van der Waals surface area contributed by atoms with Crippen molar-refractivity contribution in [3.8, 4) is 10.4 Å². The second-order valence-corrected chi connectivity index (χ2v) is 6.71. The van der Waals surface area contributed by atoms with Crippen molar-refractivity contribution in [1.29, 1.82) is 0 Å². The number of rotatable bonds is 6. The lowest BCUT2D eigenvalue weighted by Gasteiger charge is -2.07. The average molecular weight is 315 g/mol. The van der Waals surface area contributed by atoms with Gasteiger partial charge in [0.15, 0.2) is 0 Å². The highest BCUT2D eigenvalue weighted by molar-refractivity contribution is 7.14. The Kier molecular flexibility index (Phi) is 4.70. The van der Waals surface area contributed by atoms with Gasteiger partial charge in [-0.15, -0.1) is 22.7 Å². The molecule has 0 atom stereocenters. The summed E-state index contributed by atoms with van der Waals surface area (Å²) in [5, 5.41) is 7.82. The van der Waals surface area contributed by atoms with Gasteiger partial charge in [0.1, 0.15) is 0 Å². The van der Waals surface area contributed by atoms with E-state index in [2.05, 4.69) is 58.5 Å². The third kappa shape index (κ3) is 3.73. The number of methoxy groups -OCH3 is 1. The molecule has 0 unspecified atom stereocenters. The normalized spacial score (nSPS) is 10.7. The summed E-state index contributed by atoms with van der Waals surface area (Å²) in [6.07, 6.45) is 0. The van der Waals surface area contributed by atoms with E-state index in [4.69, 9.17) is 4.74 Å². The predicted octanol–water partition coefficient (Wildman–Crippen LogP) is 5.24. The minimum atomic E-state index is 0.650. The molecule has 2 nitrogen and oxygen atoms in total. The summed E-state index contributed by atoms with van der Waals surface area (Å²) >= 11 is 3.58. The Balaban J connectivity index is 1.64. The number of benzene rings is 1. The standard InChI is InChI=1S/C17H17NOS2/c1-19-11-13-4-2-5-15(8-13)18-10-16-9-14(12-21-16)17-6-3-7-20-17/h2-9,12,18H,10-11H2,1H3. The lowest BCUT2D eigenvalue weighted by Crippen LogP contribution is -1.98. The molecular formula is C17H17NOS2. The molecule has 1 aromatic carbocycles. The minimum Gasteiger partial charge on any atom is -0.380 e. The SMILES string of the molecule is COCc1cccc(NCc2cc(-c3cccs3)cs2)c1. The fourth-order valence-electron chi connectivity index (χ4n) is 2.17. The van der Waals surface area contributed by atoms with Gasteiger partial charge in [0, 0.05) is 34.7 Å². The van der Waals surface area contributed by atoms with E-state index in [1.54, 1.807) is 29.8 Å². The van der Waals surface area contributed by atoms with Gasteiger partial charge in [0.05, 0.1) is 6.61 Å². The number of anilines is 1. The first kappa shape index (κ1) is 14.3. The number of ether oxygens (including phenoxy) is 1. The van der Waals surface area contributed by atoms with Crippen molar-refractivity contribution in [2.75, 3.05) is 12.4 Å². The molecule has 2 aromatic heterocycles. The largest absolute Gasteiger partial charge is 0.380 e. The van der Waals surface area contributed by atoms with Crippen molar-refractivity contribution in [2.24, 2.45) is 0 Å². The molecule has 2 heterocycles. The Morgan fingerprint density at radius 1 is 1.10 bits per heavy atom. The molecule has 0 radical (unpaired) electrons. The molecule has 0 fully saturated rings. The van der Waals surface area contributed by atoms with Crippen LogP contribution in [0.25, 0.3) is 10.4 Å². The molecule has 0 aliphatic carbocycles. The Morgan fingerprint density at radius 3 is 2.86 bits per heavy atom. The summed E-state index contributed by atoms with van der Waals surface area (Å²) < 4.78 is 5.17. The van der Waals surface area contributed by atoms with Crippen LogP contribution in [0.2, 0.25) is 0 Å². The van der Waals surface area contributed by atoms with E-state index in [1.165, 1.54) is 20.9 Å². The van der Waals surface area contributed by atoms with Crippen LogP contribution in [0.5, 0.6) is 0 Å². The third-order valence-electron chi connectivity index (χ3n) is 3.16. The zero-order valence-electron chi connectivity index (χ0n) is 11.8. The van der Waals surface area contributed by atoms with Crippen LogP contribution < -0.4 is 5.32 Å². The Bertz CT molecular complexity index is 688. The van der Waals surface area contributed by atoms with Gasteiger partial charge >= 0.3 is 0 Å². The summed E-state index contributed by atoms with van der Waals surface area (Å²) in [5.41, 5.74) is 3.64. The van der Waals surface area contributed by atoms with Gasteiger partial charge in [0.25, 0.3) is 0 Å². The first-order chi connectivity index (χ1) is 10.3. The number of hydrogen-bond acceptors (Lipinski definition) is 4. The smallest absolute Gasteiger partial charge is 0.0713 e. The molecule has 0 saturated heterocycles. The predicted molar refractivity (Wildman–Crippen MR) is 92.1 cm³/mol. The molecule has 3 aromatic rings. The average Bonchev–Trinajstić information content (AvgIpc) is 3.17. The highest BCUT2D eigenvalue weighted by Crippen LogP contribution is 2.29. The Hall–Kier alpha value is -1.62. The van der Waals surface area contributed by atoms with Crippen LogP contribution in [-0.2, 0) is 17.9 Å². The summed E-state index contributed by atoms with van der Waals surface area (Å²) in [6.45, 7) is 1.50. The van der Waals surface area contributed by atoms with Crippen molar-refractivity contribution < 1.29 is 4.74 Å². The van der Waals surface area contributed by atoms with Gasteiger partial charge < -0.3 is 10.1 Å². The molecule has 0 aliphatic heterocycles. The Morgan fingerprint density at radius 2 is 2.05 bits per heavy atom. The lowest BCUT2D eigenvalue weighted by atomic mass is 10.2. The summed E-state index contributed by atoms with van der Waals surface area (Å²) in [4.78, 5) is 2.68. The first-order valence-corrected chi connectivity index (χ1v) is 8.54. The fraction of sp³-hybridized carbons (Fsp3) is 0.176. The lowest BCUT2D eigenvalue weighted by molar-refractivity contribution is 0.185. The van der Waals surface area contributed by atoms with E-state index in [-0.39, 0.29) is 0 Å². The van der Waals surface area contributed by atoms with Crippen molar-refractivity contribution in [3.63, 3.8) is 0 Å². The van der Waals surface area contributed by atoms with Crippen molar-refractivity contribution in [3.05, 3.63) is 63.7 Å². The molecule has 21 heavy (non-hydrogen) atoms. The van der Waals surface area contributed by atoms with Crippen LogP contribution in [0.15, 0.2) is 53.2 Å². The summed E-state index contributed by atoms with van der Waals surface area (Å²) in [6, 6.07) is 14.9. The topological polar surface area (TPSA) is 21.3 Å². The maximum absolute atomic E-state index is 5.17. The van der Waals surface area contributed by atoms with Gasteiger partial charge in [-0.1, -0.05) is 18.2 Å². The maximum atomic E-state index is 5.17. The number of nitrogens with one attached hydrogen (secondary N) is 1. The molecule has 0 spiro atoms. The van der Waals surface area contributed by atoms with Crippen molar-refractivity contribution in [2.45, 2.75) is 13.2 Å². The number of thiophene rings is 2. The monoisotopic (exact) mass is 315 g/mol. The van der Waals surface area contributed by atoms with Gasteiger partial charge in [-0.2, -0.15) is 0 Å². The molecule has 0 amide bonds. The van der Waals surface area contributed by atoms with Gasteiger partial charge in [-0.25, -0.2) is 0 Å². The minimum absolute atomic E-state index is 0.650. The van der Waals surface area contributed by atoms with Crippen LogP contribution >= 0.6 is 22.7 Å². The fourth-order valence-corrected chi connectivity index (χ4v) is 3.79. The van der Waals surface area contributed by atoms with E-state index in [0.29, 0.717) is 6.61 Å². The Labute approximate surface area is 133 Å². The van der Waals surface area contributed by atoms with E-state index < -0.39 is 0 Å². The molecule has 0 bridgehead atoms. The molecular weight excluding hydrogens is 298 g/mol. The highest BCUT2D eigenvalue weighted by atomic mass is 32.1. The molecule has 0 saturated carbocycles. The highest BCUT2D eigenvalue weighted by Gasteiger charge is 2.03. The van der Waals surface area contributed by atoms with Crippen LogP contribution in [0.3, 0.4) is 0 Å². The van der Waals surface area contributed by atoms with E-state index in [0.717, 1.165) is 12.2 Å². The summed E-state index contributed by atoms with van der Waals surface area (Å²) in [5.74, 6) is 0. The van der Waals surface area contributed by atoms with Crippen LogP contribution in [0.4, 0.5) is 5.69 Å². The first-order valence-electron chi connectivity index (χ1n) is 6.78. The molecule has 0 aliphatic rings. The van der Waals surface area contributed by atoms with Crippen molar-refractivity contribution >= 4 is 28.4 Å². The molecule has 108 valence electrons. The number of hydrogen-bond donors (Lipinski definition) is 1.